The Labute approximate surface area is 118 Å². The Morgan fingerprint density at radius 1 is 1.11 bits per heavy atom. The molecule has 1 aromatic rings. The Bertz CT molecular complexity index is 518. The van der Waals surface area contributed by atoms with Gasteiger partial charge in [0.15, 0.2) is 0 Å². The van der Waals surface area contributed by atoms with Gasteiger partial charge < -0.3 is 0 Å². The summed E-state index contributed by atoms with van der Waals surface area (Å²) in [7, 11) is -0.546. The first-order valence-electron chi connectivity index (χ1n) is 8.21. The highest BCUT2D eigenvalue weighted by atomic mass is 28.3. The van der Waals surface area contributed by atoms with E-state index in [0.29, 0.717) is 0 Å². The molecule has 0 N–H and O–H groups in total. The molecular weight excluding hydrogens is 244 g/mol. The molecule has 1 heterocycles. The minimum atomic E-state index is -0.546. The zero-order valence-corrected chi connectivity index (χ0v) is 13.1. The molecule has 19 heavy (non-hydrogen) atoms. The van der Waals surface area contributed by atoms with Crippen molar-refractivity contribution < 1.29 is 0 Å². The molecule has 0 radical (unpaired) electrons. The fourth-order valence-corrected chi connectivity index (χ4v) is 8.75. The number of rotatable bonds is 3. The predicted molar refractivity (Wildman–Crippen MR) is 85.4 cm³/mol. The summed E-state index contributed by atoms with van der Waals surface area (Å²) in [5, 5.41) is 0. The molecule has 1 saturated carbocycles. The molecule has 1 atom stereocenters. The molecule has 0 bridgehead atoms. The largest absolute Gasteiger partial charge is 0.0654 e. The fourth-order valence-electron chi connectivity index (χ4n) is 4.43. The Balaban J connectivity index is 1.78. The van der Waals surface area contributed by atoms with Crippen LogP contribution in [0.2, 0.25) is 12.1 Å². The van der Waals surface area contributed by atoms with E-state index in [1.165, 1.54) is 32.1 Å². The highest BCUT2D eigenvalue weighted by Gasteiger charge is 2.36. The van der Waals surface area contributed by atoms with Gasteiger partial charge in [-0.1, -0.05) is 61.7 Å². The van der Waals surface area contributed by atoms with Crippen LogP contribution >= 0.6 is 0 Å². The predicted octanol–water partition coefficient (Wildman–Crippen LogP) is 5.01. The van der Waals surface area contributed by atoms with Gasteiger partial charge in [-0.15, -0.1) is 0 Å². The molecule has 0 amide bonds. The standard InChI is InChI=1S/C18H24Si/c1-2-13-12-17-15(14-8-9-14)6-5-7-16(17)18(13)19-10-3-4-11-19/h5-7,12,14,18-19H,2-4,8-11H2,1H3. The van der Waals surface area contributed by atoms with Crippen LogP contribution in [0, 0.1) is 0 Å². The van der Waals surface area contributed by atoms with Crippen LogP contribution in [0.15, 0.2) is 23.8 Å². The topological polar surface area (TPSA) is 0 Å². The van der Waals surface area contributed by atoms with Crippen molar-refractivity contribution in [2.24, 2.45) is 0 Å². The summed E-state index contributed by atoms with van der Waals surface area (Å²) in [5.74, 6) is 0.897. The second kappa shape index (κ2) is 4.62. The number of benzene rings is 1. The zero-order chi connectivity index (χ0) is 12.8. The van der Waals surface area contributed by atoms with Crippen LogP contribution < -0.4 is 0 Å². The Hall–Kier alpha value is -0.823. The van der Waals surface area contributed by atoms with Crippen molar-refractivity contribution >= 4 is 14.9 Å². The molecule has 1 aromatic carbocycles. The van der Waals surface area contributed by atoms with E-state index in [0.717, 1.165) is 11.5 Å². The van der Waals surface area contributed by atoms with Crippen LogP contribution in [0.25, 0.3) is 6.08 Å². The zero-order valence-electron chi connectivity index (χ0n) is 12.0. The van der Waals surface area contributed by atoms with Crippen molar-refractivity contribution in [1.29, 1.82) is 0 Å². The maximum atomic E-state index is 2.60. The summed E-state index contributed by atoms with van der Waals surface area (Å²) in [6, 6.07) is 10.4. The molecule has 0 spiro atoms. The third-order valence-corrected chi connectivity index (χ3v) is 9.56. The molecule has 100 valence electrons. The summed E-state index contributed by atoms with van der Waals surface area (Å²) in [6.07, 6.45) is 9.75. The van der Waals surface area contributed by atoms with Gasteiger partial charge in [-0.25, -0.2) is 0 Å². The summed E-state index contributed by atoms with van der Waals surface area (Å²) < 4.78 is 0. The van der Waals surface area contributed by atoms with Crippen LogP contribution in [0.4, 0.5) is 0 Å². The van der Waals surface area contributed by atoms with E-state index < -0.39 is 8.80 Å². The van der Waals surface area contributed by atoms with E-state index in [9.17, 15) is 0 Å². The molecule has 3 aliphatic rings. The maximum absolute atomic E-state index is 2.60. The Morgan fingerprint density at radius 2 is 1.84 bits per heavy atom. The van der Waals surface area contributed by atoms with Crippen molar-refractivity contribution in [3.05, 3.63) is 40.5 Å². The Morgan fingerprint density at radius 3 is 2.53 bits per heavy atom. The first-order chi connectivity index (χ1) is 9.38. The van der Waals surface area contributed by atoms with Gasteiger partial charge in [0, 0.05) is 0 Å². The minimum absolute atomic E-state index is 0.546. The maximum Gasteiger partial charge on any atom is 0.0500 e. The monoisotopic (exact) mass is 268 g/mol. The van der Waals surface area contributed by atoms with Gasteiger partial charge in [0.1, 0.15) is 0 Å². The summed E-state index contributed by atoms with van der Waals surface area (Å²) in [4.78, 5) is 0. The van der Waals surface area contributed by atoms with Crippen molar-refractivity contribution in [2.75, 3.05) is 0 Å². The number of fused-ring (bicyclic) bond motifs is 1. The molecule has 0 nitrogen and oxygen atoms in total. The van der Waals surface area contributed by atoms with Crippen molar-refractivity contribution in [3.63, 3.8) is 0 Å². The number of hydrogen-bond donors (Lipinski definition) is 0. The molecule has 4 rings (SSSR count). The van der Waals surface area contributed by atoms with Gasteiger partial charge in [0.25, 0.3) is 0 Å². The molecule has 0 aromatic heterocycles. The third kappa shape index (κ3) is 1.94. The van der Waals surface area contributed by atoms with E-state index in [4.69, 9.17) is 0 Å². The van der Waals surface area contributed by atoms with Gasteiger partial charge >= 0.3 is 0 Å². The minimum Gasteiger partial charge on any atom is -0.0654 e. The van der Waals surface area contributed by atoms with E-state index in [1.807, 2.05) is 0 Å². The second-order valence-corrected chi connectivity index (χ2v) is 10.1. The summed E-state index contributed by atoms with van der Waals surface area (Å²) >= 11 is 0. The van der Waals surface area contributed by atoms with Crippen molar-refractivity contribution in [2.45, 2.75) is 62.6 Å². The SMILES string of the molecule is CCC1=Cc2c(C3CC3)cccc2C1[SiH]1CCCC1. The van der Waals surface area contributed by atoms with E-state index in [-0.39, 0.29) is 0 Å². The van der Waals surface area contributed by atoms with Crippen molar-refractivity contribution in [1.82, 2.24) is 0 Å². The van der Waals surface area contributed by atoms with Crippen LogP contribution in [0.5, 0.6) is 0 Å². The Kier molecular flexibility index (Phi) is 2.91. The molecule has 1 aliphatic heterocycles. The fraction of sp³-hybridized carbons (Fsp3) is 0.556. The van der Waals surface area contributed by atoms with E-state index >= 15 is 0 Å². The second-order valence-electron chi connectivity index (χ2n) is 6.72. The van der Waals surface area contributed by atoms with E-state index in [2.05, 4.69) is 31.2 Å². The van der Waals surface area contributed by atoms with Crippen LogP contribution in [0.1, 0.15) is 67.2 Å². The molecule has 1 unspecified atom stereocenters. The molecular formula is C18H24Si. The summed E-state index contributed by atoms with van der Waals surface area (Å²) in [5.41, 5.74) is 7.76. The highest BCUT2D eigenvalue weighted by molar-refractivity contribution is 6.62. The van der Waals surface area contributed by atoms with E-state index in [1.54, 1.807) is 34.4 Å². The quantitative estimate of drug-likeness (QED) is 0.676. The molecule has 2 fully saturated rings. The normalized spacial score (nSPS) is 26.6. The molecule has 1 heteroatoms. The lowest BCUT2D eigenvalue weighted by Gasteiger charge is -2.22. The van der Waals surface area contributed by atoms with Gasteiger partial charge in [0.2, 0.25) is 0 Å². The van der Waals surface area contributed by atoms with Gasteiger partial charge in [-0.2, -0.15) is 0 Å². The van der Waals surface area contributed by atoms with Crippen LogP contribution in [-0.4, -0.2) is 8.80 Å². The highest BCUT2D eigenvalue weighted by Crippen LogP contribution is 2.49. The van der Waals surface area contributed by atoms with Gasteiger partial charge in [-0.05, 0) is 47.4 Å². The first-order valence-corrected chi connectivity index (χ1v) is 10.5. The lowest BCUT2D eigenvalue weighted by Crippen LogP contribution is -2.20. The lowest BCUT2D eigenvalue weighted by atomic mass is 10.00. The first kappa shape index (κ1) is 12.0. The smallest absolute Gasteiger partial charge is 0.0500 e. The van der Waals surface area contributed by atoms with Crippen molar-refractivity contribution in [3.8, 4) is 0 Å². The number of allylic oxidation sites excluding steroid dienone is 1. The van der Waals surface area contributed by atoms with Crippen LogP contribution in [0.3, 0.4) is 0 Å². The average molecular weight is 268 g/mol. The average Bonchev–Trinajstić information content (AvgIpc) is 3.01. The third-order valence-electron chi connectivity index (χ3n) is 5.53. The van der Waals surface area contributed by atoms with Crippen LogP contribution in [-0.2, 0) is 0 Å². The molecule has 1 saturated heterocycles. The van der Waals surface area contributed by atoms with Gasteiger partial charge in [0.05, 0.1) is 8.80 Å². The number of hydrogen-bond acceptors (Lipinski definition) is 0. The summed E-state index contributed by atoms with van der Waals surface area (Å²) in [6.45, 7) is 2.37. The van der Waals surface area contributed by atoms with Gasteiger partial charge in [-0.3, -0.25) is 0 Å². The molecule has 2 aliphatic carbocycles. The lowest BCUT2D eigenvalue weighted by molar-refractivity contribution is 0.935.